The largest absolute Gasteiger partial charge is 0.490 e. The molecule has 0 aliphatic rings. The molecule has 1 unspecified atom stereocenters. The highest BCUT2D eigenvalue weighted by Crippen LogP contribution is 2.28. The summed E-state index contributed by atoms with van der Waals surface area (Å²) in [5.74, 6) is 1.78. The number of aliphatic hydroxyl groups excluding tert-OH is 1. The Morgan fingerprint density at radius 3 is 2.58 bits per heavy atom. The standard InChI is InChI=1S/C24H26ClNO5/c1-2-29-24-12-19(16-27)7-10-23(24)31-17-21(28)14-26(15-22-4-3-11-30-22)13-18-5-8-20(25)9-6-18/h3-12,16,21,28H,2,13-15,17H2,1H3. The molecular weight excluding hydrogens is 418 g/mol. The molecule has 1 aromatic heterocycles. The molecule has 0 saturated heterocycles. The predicted molar refractivity (Wildman–Crippen MR) is 119 cm³/mol. The van der Waals surface area contributed by atoms with Crippen molar-refractivity contribution in [3.8, 4) is 11.5 Å². The van der Waals surface area contributed by atoms with Crippen molar-refractivity contribution in [1.29, 1.82) is 0 Å². The summed E-state index contributed by atoms with van der Waals surface area (Å²) in [5, 5.41) is 11.3. The molecule has 7 heteroatoms. The number of aliphatic hydroxyl groups is 1. The van der Waals surface area contributed by atoms with Crippen LogP contribution in [-0.2, 0) is 13.1 Å². The smallest absolute Gasteiger partial charge is 0.161 e. The Hall–Kier alpha value is -2.80. The van der Waals surface area contributed by atoms with Crippen LogP contribution in [-0.4, -0.2) is 42.2 Å². The van der Waals surface area contributed by atoms with Crippen molar-refractivity contribution in [2.45, 2.75) is 26.1 Å². The molecule has 2 aromatic carbocycles. The molecular formula is C24H26ClNO5. The van der Waals surface area contributed by atoms with E-state index < -0.39 is 6.10 Å². The Kier molecular flexibility index (Phi) is 8.53. The fourth-order valence-electron chi connectivity index (χ4n) is 3.18. The van der Waals surface area contributed by atoms with Crippen molar-refractivity contribution >= 4 is 17.9 Å². The summed E-state index contributed by atoms with van der Waals surface area (Å²) < 4.78 is 16.8. The van der Waals surface area contributed by atoms with Crippen LogP contribution >= 0.6 is 11.6 Å². The Morgan fingerprint density at radius 1 is 1.10 bits per heavy atom. The van der Waals surface area contributed by atoms with Crippen LogP contribution in [0.2, 0.25) is 5.02 Å². The number of carbonyl (C=O) groups is 1. The molecule has 1 atom stereocenters. The molecule has 0 fully saturated rings. The maximum absolute atomic E-state index is 11.0. The minimum Gasteiger partial charge on any atom is -0.490 e. The van der Waals surface area contributed by atoms with Crippen molar-refractivity contribution in [3.05, 3.63) is 82.8 Å². The van der Waals surface area contributed by atoms with Crippen LogP contribution in [0.4, 0.5) is 0 Å². The van der Waals surface area contributed by atoms with Gasteiger partial charge in [0.05, 0.1) is 19.4 Å². The molecule has 31 heavy (non-hydrogen) atoms. The van der Waals surface area contributed by atoms with Crippen molar-refractivity contribution < 1.29 is 23.8 Å². The Morgan fingerprint density at radius 2 is 1.90 bits per heavy atom. The number of hydrogen-bond acceptors (Lipinski definition) is 6. The van der Waals surface area contributed by atoms with Crippen molar-refractivity contribution in [2.24, 2.45) is 0 Å². The molecule has 6 nitrogen and oxygen atoms in total. The summed E-state index contributed by atoms with van der Waals surface area (Å²) in [6.07, 6.45) is 1.64. The molecule has 0 aliphatic carbocycles. The summed E-state index contributed by atoms with van der Waals surface area (Å²) in [6, 6.07) is 16.3. The van der Waals surface area contributed by atoms with E-state index in [-0.39, 0.29) is 6.61 Å². The normalized spacial score (nSPS) is 12.0. The molecule has 0 bridgehead atoms. The van der Waals surface area contributed by atoms with E-state index in [2.05, 4.69) is 4.90 Å². The van der Waals surface area contributed by atoms with Gasteiger partial charge in [-0.3, -0.25) is 9.69 Å². The summed E-state index contributed by atoms with van der Waals surface area (Å²) in [7, 11) is 0. The number of aldehydes is 1. The summed E-state index contributed by atoms with van der Waals surface area (Å²) >= 11 is 5.99. The maximum atomic E-state index is 11.0. The van der Waals surface area contributed by atoms with Gasteiger partial charge in [0.15, 0.2) is 11.5 Å². The monoisotopic (exact) mass is 443 g/mol. The highest BCUT2D eigenvalue weighted by molar-refractivity contribution is 6.30. The molecule has 0 saturated carbocycles. The molecule has 1 heterocycles. The second kappa shape index (κ2) is 11.6. The van der Waals surface area contributed by atoms with E-state index in [0.717, 1.165) is 17.6 Å². The highest BCUT2D eigenvalue weighted by Gasteiger charge is 2.16. The number of halogens is 1. The molecule has 0 aliphatic heterocycles. The fourth-order valence-corrected chi connectivity index (χ4v) is 3.30. The molecule has 3 rings (SSSR count). The van der Waals surface area contributed by atoms with Gasteiger partial charge < -0.3 is 19.0 Å². The van der Waals surface area contributed by atoms with E-state index in [9.17, 15) is 9.90 Å². The van der Waals surface area contributed by atoms with E-state index in [1.807, 2.05) is 43.3 Å². The van der Waals surface area contributed by atoms with Gasteiger partial charge in [-0.25, -0.2) is 0 Å². The number of hydrogen-bond donors (Lipinski definition) is 1. The lowest BCUT2D eigenvalue weighted by Crippen LogP contribution is -2.35. The third kappa shape index (κ3) is 7.14. The van der Waals surface area contributed by atoms with Gasteiger partial charge >= 0.3 is 0 Å². The van der Waals surface area contributed by atoms with Crippen LogP contribution in [0.25, 0.3) is 0 Å². The van der Waals surface area contributed by atoms with Gasteiger partial charge in [-0.1, -0.05) is 23.7 Å². The first-order valence-corrected chi connectivity index (χ1v) is 10.5. The summed E-state index contributed by atoms with van der Waals surface area (Å²) in [6.45, 7) is 3.92. The lowest BCUT2D eigenvalue weighted by Gasteiger charge is -2.24. The van der Waals surface area contributed by atoms with E-state index in [4.69, 9.17) is 25.5 Å². The molecule has 164 valence electrons. The number of ether oxygens (including phenoxy) is 2. The van der Waals surface area contributed by atoms with Crippen LogP contribution in [0.5, 0.6) is 11.5 Å². The SMILES string of the molecule is CCOc1cc(C=O)ccc1OCC(O)CN(Cc1ccc(Cl)cc1)Cc1ccco1. The van der Waals surface area contributed by atoms with Crippen LogP contribution in [0, 0.1) is 0 Å². The molecule has 0 radical (unpaired) electrons. The lowest BCUT2D eigenvalue weighted by atomic mass is 10.2. The second-order valence-electron chi connectivity index (χ2n) is 7.10. The van der Waals surface area contributed by atoms with Crippen molar-refractivity contribution in [1.82, 2.24) is 4.90 Å². The minimum atomic E-state index is -0.748. The van der Waals surface area contributed by atoms with E-state index in [1.54, 1.807) is 24.5 Å². The third-order valence-corrected chi connectivity index (χ3v) is 4.83. The van der Waals surface area contributed by atoms with Gasteiger partial charge in [-0.2, -0.15) is 0 Å². The molecule has 0 spiro atoms. The molecule has 0 amide bonds. The Balaban J connectivity index is 1.63. The minimum absolute atomic E-state index is 0.0791. The first-order valence-electron chi connectivity index (χ1n) is 10.1. The number of furan rings is 1. The van der Waals surface area contributed by atoms with Gasteiger partial charge in [0, 0.05) is 23.7 Å². The second-order valence-corrected chi connectivity index (χ2v) is 7.53. The Labute approximate surface area is 187 Å². The van der Waals surface area contributed by atoms with Gasteiger partial charge in [0.1, 0.15) is 24.8 Å². The van der Waals surface area contributed by atoms with Crippen molar-refractivity contribution in [3.63, 3.8) is 0 Å². The third-order valence-electron chi connectivity index (χ3n) is 4.58. The van der Waals surface area contributed by atoms with E-state index in [1.165, 1.54) is 0 Å². The zero-order valence-electron chi connectivity index (χ0n) is 17.4. The topological polar surface area (TPSA) is 72.1 Å². The predicted octanol–water partition coefficient (Wildman–Crippen LogP) is 4.59. The quantitative estimate of drug-likeness (QED) is 0.413. The number of benzene rings is 2. The van der Waals surface area contributed by atoms with Gasteiger partial charge in [0.25, 0.3) is 0 Å². The van der Waals surface area contributed by atoms with Crippen molar-refractivity contribution in [2.75, 3.05) is 19.8 Å². The van der Waals surface area contributed by atoms with Crippen LogP contribution < -0.4 is 9.47 Å². The zero-order valence-corrected chi connectivity index (χ0v) is 18.1. The first-order chi connectivity index (χ1) is 15.1. The van der Waals surface area contributed by atoms with Gasteiger partial charge in [-0.15, -0.1) is 0 Å². The first kappa shape index (κ1) is 22.9. The lowest BCUT2D eigenvalue weighted by molar-refractivity contribution is 0.0593. The van der Waals surface area contributed by atoms with E-state index in [0.29, 0.717) is 48.3 Å². The number of rotatable bonds is 12. The van der Waals surface area contributed by atoms with Gasteiger partial charge in [0.2, 0.25) is 0 Å². The average molecular weight is 444 g/mol. The van der Waals surface area contributed by atoms with Crippen LogP contribution in [0.1, 0.15) is 28.6 Å². The maximum Gasteiger partial charge on any atom is 0.161 e. The van der Waals surface area contributed by atoms with Gasteiger partial charge in [-0.05, 0) is 55.0 Å². The Bertz CT molecular complexity index is 943. The van der Waals surface area contributed by atoms with Crippen LogP contribution in [0.15, 0.2) is 65.3 Å². The van der Waals surface area contributed by atoms with E-state index >= 15 is 0 Å². The average Bonchev–Trinajstić information content (AvgIpc) is 3.27. The molecule has 1 N–H and O–H groups in total. The fraction of sp³-hybridized carbons (Fsp3) is 0.292. The summed E-state index contributed by atoms with van der Waals surface area (Å²) in [5.41, 5.74) is 1.58. The zero-order chi connectivity index (χ0) is 22.1. The number of carbonyl (C=O) groups excluding carboxylic acids is 1. The molecule has 3 aromatic rings. The number of nitrogens with zero attached hydrogens (tertiary/aromatic N) is 1. The van der Waals surface area contributed by atoms with Crippen LogP contribution in [0.3, 0.4) is 0 Å². The highest BCUT2D eigenvalue weighted by atomic mass is 35.5. The summed E-state index contributed by atoms with van der Waals surface area (Å²) in [4.78, 5) is 13.1.